The van der Waals surface area contributed by atoms with E-state index in [-0.39, 0.29) is 36.8 Å². The van der Waals surface area contributed by atoms with Crippen LogP contribution in [0.5, 0.6) is 0 Å². The number of ketones is 2. The maximum absolute atomic E-state index is 17.7. The van der Waals surface area contributed by atoms with Crippen molar-refractivity contribution in [3.63, 3.8) is 0 Å². The van der Waals surface area contributed by atoms with E-state index in [0.717, 1.165) is 11.1 Å². The highest BCUT2D eigenvalue weighted by molar-refractivity contribution is 9.09. The van der Waals surface area contributed by atoms with Crippen molar-refractivity contribution in [2.75, 3.05) is 23.8 Å². The van der Waals surface area contributed by atoms with Gasteiger partial charge < -0.3 is 40.7 Å². The Hall–Kier alpha value is -4.61. The van der Waals surface area contributed by atoms with Gasteiger partial charge in [-0.05, 0) is 86.8 Å². The van der Waals surface area contributed by atoms with Crippen LogP contribution in [-0.4, -0.2) is 98.6 Å². The number of aliphatic hydroxyl groups excluding tert-OH is 2. The lowest BCUT2D eigenvalue weighted by atomic mass is 9.44. The van der Waals surface area contributed by atoms with Crippen molar-refractivity contribution in [2.45, 2.75) is 94.6 Å². The van der Waals surface area contributed by atoms with Crippen LogP contribution < -0.4 is 16.0 Å². The zero-order valence-corrected chi connectivity index (χ0v) is 34.8. The van der Waals surface area contributed by atoms with E-state index in [2.05, 4.69) is 31.9 Å². The van der Waals surface area contributed by atoms with E-state index in [1.807, 2.05) is 43.3 Å². The number of nitrogens with one attached hydrogen (secondary N) is 3. The lowest BCUT2D eigenvalue weighted by Gasteiger charge is -2.62. The summed E-state index contributed by atoms with van der Waals surface area (Å²) in [6, 6.07) is 13.4. The monoisotopic (exact) mass is 893 g/mol. The van der Waals surface area contributed by atoms with Gasteiger partial charge in [-0.3, -0.25) is 28.8 Å². The number of carboxylic acid groups (broad SMARTS) is 1. The molecule has 2 aromatic carbocycles. The molecule has 3 saturated carbocycles. The summed E-state index contributed by atoms with van der Waals surface area (Å²) in [4.78, 5) is 74.2. The third-order valence-corrected chi connectivity index (χ3v) is 14.2. The molecule has 60 heavy (non-hydrogen) atoms. The third kappa shape index (κ3) is 7.44. The molecule has 14 nitrogen and oxygen atoms in total. The first-order valence-electron chi connectivity index (χ1n) is 20.1. The molecule has 4 aliphatic carbocycles. The van der Waals surface area contributed by atoms with E-state index < -0.39 is 101 Å². The normalized spacial score (nSPS) is 33.0. The second-order valence-corrected chi connectivity index (χ2v) is 17.5. The van der Waals surface area contributed by atoms with Gasteiger partial charge in [-0.2, -0.15) is 0 Å². The Morgan fingerprint density at radius 2 is 1.78 bits per heavy atom. The minimum atomic E-state index is -2.10. The molecule has 2 aromatic rings. The van der Waals surface area contributed by atoms with E-state index >= 15 is 4.39 Å². The zero-order chi connectivity index (χ0) is 43.2. The summed E-state index contributed by atoms with van der Waals surface area (Å²) in [5, 5.41) is 38.6. The Morgan fingerprint density at radius 1 is 1.03 bits per heavy atom. The molecule has 0 spiro atoms. The number of allylic oxidation sites excluding steroid dienone is 4. The number of alkyl halides is 2. The van der Waals surface area contributed by atoms with Crippen molar-refractivity contribution in [1.29, 1.82) is 0 Å². The lowest BCUT2D eigenvalue weighted by molar-refractivity contribution is -0.231. The molecule has 0 radical (unpaired) electrons. The molecule has 7 rings (SSSR count). The molecule has 1 aliphatic heterocycles. The second-order valence-electron chi connectivity index (χ2n) is 17.0. The molecule has 0 bridgehead atoms. The van der Waals surface area contributed by atoms with E-state index in [1.165, 1.54) is 12.2 Å². The molecule has 1 heterocycles. The third-order valence-electron chi connectivity index (χ3n) is 13.7. The number of Topliss-reactive ketones (excluding diaryl/α,β-unsaturated/α-hetero) is 1. The van der Waals surface area contributed by atoms with Gasteiger partial charge in [-0.15, -0.1) is 0 Å². The molecule has 320 valence electrons. The Kier molecular flexibility index (Phi) is 12.1. The molecular formula is C44H49BrFN3O11. The van der Waals surface area contributed by atoms with Crippen molar-refractivity contribution >= 4 is 56.9 Å². The number of fused-ring (bicyclic) bond motifs is 7. The summed E-state index contributed by atoms with van der Waals surface area (Å²) >= 11 is 2.98. The highest BCUT2D eigenvalue weighted by Gasteiger charge is 2.79. The van der Waals surface area contributed by atoms with Gasteiger partial charge in [0.15, 0.2) is 29.1 Å². The molecule has 0 aromatic heterocycles. The van der Waals surface area contributed by atoms with Gasteiger partial charge in [0.25, 0.3) is 0 Å². The first-order valence-corrected chi connectivity index (χ1v) is 21.2. The Balaban J connectivity index is 1.01. The predicted octanol–water partition coefficient (Wildman–Crippen LogP) is 3.77. The Morgan fingerprint density at radius 3 is 2.48 bits per heavy atom. The standard InChI is InChI=1S/C44H49BrFN3O11/c1-41-15-14-29(51)18-27(41)8-11-30-31-19-35-44(34(53)23-50,42(31,2)20-33(52)43(30,41)46)60-40(59-35)26-5-3-4-25(17-26)16-24-6-9-28(10-7-24)48-37(55)22-47-39(58)32(12-13-38(56)57)49-36(54)21-45/h3-7,9-10,14-15,17-18,30-33,35,40,50,52H,8,11-13,16,19-23H2,1-2H3,(H,47,58)(H,48,55)(H,49,54)(H,56,57)/t30-,31-,32-,33-,35+,40+,41-,42-,43-,44+/m0/s1. The van der Waals surface area contributed by atoms with Crippen LogP contribution in [0.3, 0.4) is 0 Å². The number of carboxylic acids is 1. The topological polar surface area (TPSA) is 218 Å². The number of halogens is 2. The average molecular weight is 895 g/mol. The SMILES string of the molecule is C[C@]12C=CC(=O)C=C1CC[C@H]1[C@@H]3C[C@H]4O[C@@H](c5cccc(Cc6ccc(NC(=O)CNC(=O)[C@H](CCC(=O)O)NC(=O)CBr)cc6)c5)O[C@@]4(C(=O)CO)[C@@]3(C)C[C@H](O)[C@@]12F. The summed E-state index contributed by atoms with van der Waals surface area (Å²) in [5.41, 5.74) is -2.45. The average Bonchev–Trinajstić information content (AvgIpc) is 3.72. The maximum atomic E-state index is 17.7. The number of aliphatic hydroxyl groups is 2. The van der Waals surface area contributed by atoms with Crippen LogP contribution in [0.15, 0.2) is 72.3 Å². The summed E-state index contributed by atoms with van der Waals surface area (Å²) in [6.07, 6.45) is 2.18. The first-order chi connectivity index (χ1) is 28.5. The van der Waals surface area contributed by atoms with Crippen molar-refractivity contribution in [2.24, 2.45) is 22.7 Å². The number of rotatable bonds is 14. The predicted molar refractivity (Wildman–Crippen MR) is 217 cm³/mol. The molecule has 0 unspecified atom stereocenters. The van der Waals surface area contributed by atoms with E-state index in [9.17, 15) is 39.0 Å². The lowest BCUT2D eigenvalue weighted by Crippen LogP contribution is -2.69. The molecule has 10 atom stereocenters. The molecule has 5 aliphatic rings. The van der Waals surface area contributed by atoms with Gasteiger partial charge in [0, 0.05) is 34.4 Å². The van der Waals surface area contributed by atoms with Gasteiger partial charge >= 0.3 is 5.97 Å². The highest BCUT2D eigenvalue weighted by Crippen LogP contribution is 2.72. The fourth-order valence-corrected chi connectivity index (χ4v) is 10.9. The quantitative estimate of drug-likeness (QED) is 0.150. The number of anilines is 1. The van der Waals surface area contributed by atoms with Crippen LogP contribution in [0.4, 0.5) is 10.1 Å². The number of benzene rings is 2. The molecule has 3 amide bonds. The van der Waals surface area contributed by atoms with Crippen molar-refractivity contribution in [3.8, 4) is 0 Å². The minimum Gasteiger partial charge on any atom is -0.481 e. The minimum absolute atomic E-state index is 0.0785. The van der Waals surface area contributed by atoms with Crippen LogP contribution in [0, 0.1) is 22.7 Å². The molecule has 16 heteroatoms. The zero-order valence-electron chi connectivity index (χ0n) is 33.2. The second kappa shape index (κ2) is 16.7. The summed E-state index contributed by atoms with van der Waals surface area (Å²) in [5.74, 6) is -4.72. The van der Waals surface area contributed by atoms with E-state index in [1.54, 1.807) is 25.1 Å². The Bertz CT molecular complexity index is 2150. The smallest absolute Gasteiger partial charge is 0.303 e. The molecular weight excluding hydrogens is 845 g/mol. The van der Waals surface area contributed by atoms with E-state index in [0.29, 0.717) is 36.1 Å². The molecule has 1 saturated heterocycles. The van der Waals surface area contributed by atoms with Crippen molar-refractivity contribution in [1.82, 2.24) is 10.6 Å². The van der Waals surface area contributed by atoms with Gasteiger partial charge in [0.1, 0.15) is 12.6 Å². The number of hydrogen-bond acceptors (Lipinski definition) is 10. The van der Waals surface area contributed by atoms with Gasteiger partial charge in [0.2, 0.25) is 17.7 Å². The fraction of sp³-hybridized carbons (Fsp3) is 0.500. The Labute approximate surface area is 354 Å². The molecule has 4 fully saturated rings. The van der Waals surface area contributed by atoms with Gasteiger partial charge in [0.05, 0.1) is 24.1 Å². The highest BCUT2D eigenvalue weighted by atomic mass is 79.9. The van der Waals surface area contributed by atoms with Crippen LogP contribution >= 0.6 is 15.9 Å². The number of aliphatic carboxylic acids is 1. The number of hydrogen-bond donors (Lipinski definition) is 6. The number of ether oxygens (including phenoxy) is 2. The van der Waals surface area contributed by atoms with Crippen molar-refractivity contribution in [3.05, 3.63) is 89.0 Å². The summed E-state index contributed by atoms with van der Waals surface area (Å²) in [6.45, 7) is 2.36. The summed E-state index contributed by atoms with van der Waals surface area (Å²) < 4.78 is 31.0. The first kappa shape index (κ1) is 43.5. The summed E-state index contributed by atoms with van der Waals surface area (Å²) in [7, 11) is 0. The fourth-order valence-electron chi connectivity index (χ4n) is 10.8. The largest absolute Gasteiger partial charge is 0.481 e. The number of amides is 3. The van der Waals surface area contributed by atoms with Crippen LogP contribution in [0.25, 0.3) is 0 Å². The molecule has 6 N–H and O–H groups in total. The van der Waals surface area contributed by atoms with E-state index in [4.69, 9.17) is 14.6 Å². The van der Waals surface area contributed by atoms with Gasteiger partial charge in [-0.1, -0.05) is 70.9 Å². The van der Waals surface area contributed by atoms with Crippen LogP contribution in [-0.2, 0) is 44.7 Å². The number of carbonyl (C=O) groups is 6. The van der Waals surface area contributed by atoms with Gasteiger partial charge in [-0.25, -0.2) is 4.39 Å². The maximum Gasteiger partial charge on any atom is 0.303 e. The van der Waals surface area contributed by atoms with Crippen LogP contribution in [0.2, 0.25) is 0 Å². The van der Waals surface area contributed by atoms with Crippen LogP contribution in [0.1, 0.15) is 75.4 Å². The van der Waals surface area contributed by atoms with Crippen molar-refractivity contribution < 1.29 is 58.0 Å². The number of carbonyl (C=O) groups excluding carboxylic acids is 5.